The zero-order valence-corrected chi connectivity index (χ0v) is 9.21. The average molecular weight is 214 g/mol. The monoisotopic (exact) mass is 214 g/mol. The first-order valence-corrected chi connectivity index (χ1v) is 6.26. The Bertz CT molecular complexity index is 449. The van der Waals surface area contributed by atoms with E-state index in [-0.39, 0.29) is 0 Å². The van der Waals surface area contributed by atoms with E-state index in [0.717, 1.165) is 49.7 Å². The molecule has 0 unspecified atom stereocenters. The van der Waals surface area contributed by atoms with E-state index in [1.807, 2.05) is 0 Å². The molecule has 0 saturated heterocycles. The van der Waals surface area contributed by atoms with Crippen molar-refractivity contribution in [2.75, 3.05) is 0 Å². The van der Waals surface area contributed by atoms with Crippen molar-refractivity contribution in [3.05, 3.63) is 22.3 Å². The molecule has 0 heterocycles. The minimum atomic E-state index is 0.385. The summed E-state index contributed by atoms with van der Waals surface area (Å²) < 4.78 is 0. The number of carbonyl (C=O) groups is 2. The summed E-state index contributed by atoms with van der Waals surface area (Å²) in [6.45, 7) is 0. The van der Waals surface area contributed by atoms with Gasteiger partial charge in [0.25, 0.3) is 0 Å². The molecular formula is C14H14O2. The fourth-order valence-corrected chi connectivity index (χ4v) is 4.25. The predicted octanol–water partition coefficient (Wildman–Crippen LogP) is 2.35. The van der Waals surface area contributed by atoms with E-state index in [4.69, 9.17) is 0 Å². The highest BCUT2D eigenvalue weighted by molar-refractivity contribution is 6.02. The van der Waals surface area contributed by atoms with Crippen molar-refractivity contribution < 1.29 is 9.59 Å². The van der Waals surface area contributed by atoms with Gasteiger partial charge >= 0.3 is 0 Å². The van der Waals surface area contributed by atoms with Gasteiger partial charge in [0.2, 0.25) is 0 Å². The number of carbonyl (C=O) groups excluding carboxylic acids is 2. The number of ketones is 2. The maximum Gasteiger partial charge on any atom is 0.159 e. The maximum absolute atomic E-state index is 11.7. The second kappa shape index (κ2) is 2.73. The molecule has 4 rings (SSSR count). The van der Waals surface area contributed by atoms with Gasteiger partial charge in [0.05, 0.1) is 0 Å². The van der Waals surface area contributed by atoms with Gasteiger partial charge in [-0.2, -0.15) is 0 Å². The van der Waals surface area contributed by atoms with E-state index < -0.39 is 0 Å². The van der Waals surface area contributed by atoms with E-state index in [2.05, 4.69) is 0 Å². The molecule has 0 N–H and O–H groups in total. The summed E-state index contributed by atoms with van der Waals surface area (Å²) in [4.78, 5) is 23.4. The molecule has 16 heavy (non-hydrogen) atoms. The number of Topliss-reactive ketones (excluding diaryl/α,β-unsaturated/α-hetero) is 2. The van der Waals surface area contributed by atoms with Crippen molar-refractivity contribution in [3.63, 3.8) is 0 Å². The molecule has 0 aromatic carbocycles. The van der Waals surface area contributed by atoms with Crippen molar-refractivity contribution in [3.8, 4) is 0 Å². The smallest absolute Gasteiger partial charge is 0.159 e. The summed E-state index contributed by atoms with van der Waals surface area (Å²) in [7, 11) is 0. The van der Waals surface area contributed by atoms with E-state index in [1.54, 1.807) is 0 Å². The molecule has 0 fully saturated rings. The van der Waals surface area contributed by atoms with Crippen molar-refractivity contribution >= 4 is 11.6 Å². The van der Waals surface area contributed by atoms with Gasteiger partial charge in [-0.15, -0.1) is 0 Å². The van der Waals surface area contributed by atoms with Gasteiger partial charge in [-0.25, -0.2) is 0 Å². The Labute approximate surface area is 94.4 Å². The molecule has 0 amide bonds. The average Bonchev–Trinajstić information content (AvgIpc) is 2.92. The van der Waals surface area contributed by atoms with Crippen LogP contribution in [0, 0.1) is 11.8 Å². The second-order valence-electron chi connectivity index (χ2n) is 5.50. The Balaban J connectivity index is 1.81. The Morgan fingerprint density at radius 1 is 0.750 bits per heavy atom. The fourth-order valence-electron chi connectivity index (χ4n) is 4.25. The van der Waals surface area contributed by atoms with Crippen molar-refractivity contribution in [1.82, 2.24) is 0 Å². The van der Waals surface area contributed by atoms with Crippen LogP contribution < -0.4 is 0 Å². The summed E-state index contributed by atoms with van der Waals surface area (Å²) >= 11 is 0. The molecule has 0 spiro atoms. The van der Waals surface area contributed by atoms with Crippen LogP contribution in [-0.4, -0.2) is 11.6 Å². The second-order valence-corrected chi connectivity index (χ2v) is 5.50. The number of allylic oxidation sites excluding steroid dienone is 4. The Hall–Kier alpha value is -1.18. The van der Waals surface area contributed by atoms with E-state index >= 15 is 0 Å². The van der Waals surface area contributed by atoms with E-state index in [1.165, 1.54) is 11.1 Å². The van der Waals surface area contributed by atoms with Gasteiger partial charge in [0, 0.05) is 18.8 Å². The highest BCUT2D eigenvalue weighted by Gasteiger charge is 2.48. The van der Waals surface area contributed by atoms with Crippen LogP contribution in [-0.2, 0) is 9.59 Å². The number of hydrogen-bond acceptors (Lipinski definition) is 2. The van der Waals surface area contributed by atoms with Crippen LogP contribution >= 0.6 is 0 Å². The quantitative estimate of drug-likeness (QED) is 0.620. The lowest BCUT2D eigenvalue weighted by molar-refractivity contribution is -0.115. The molecule has 0 aromatic rings. The number of fused-ring (bicyclic) bond motifs is 3. The van der Waals surface area contributed by atoms with E-state index in [0.29, 0.717) is 23.4 Å². The zero-order chi connectivity index (χ0) is 10.9. The zero-order valence-electron chi connectivity index (χ0n) is 9.21. The molecule has 82 valence electrons. The first kappa shape index (κ1) is 8.91. The van der Waals surface area contributed by atoms with Crippen molar-refractivity contribution in [2.24, 2.45) is 11.8 Å². The summed E-state index contributed by atoms with van der Waals surface area (Å²) in [5, 5.41) is 0. The van der Waals surface area contributed by atoms with Gasteiger partial charge in [-0.05, 0) is 42.7 Å². The van der Waals surface area contributed by atoms with Gasteiger partial charge in [-0.3, -0.25) is 9.59 Å². The Morgan fingerprint density at radius 2 is 1.25 bits per heavy atom. The lowest BCUT2D eigenvalue weighted by Gasteiger charge is -2.17. The summed E-state index contributed by atoms with van der Waals surface area (Å²) in [6, 6.07) is 0. The molecule has 2 heteroatoms. The van der Waals surface area contributed by atoms with Crippen LogP contribution in [0.25, 0.3) is 0 Å². The molecular weight excluding hydrogens is 200 g/mol. The third-order valence-corrected chi connectivity index (χ3v) is 4.85. The van der Waals surface area contributed by atoms with Gasteiger partial charge in [0.15, 0.2) is 11.6 Å². The van der Waals surface area contributed by atoms with Crippen LogP contribution in [0.1, 0.15) is 38.5 Å². The molecule has 2 nitrogen and oxygen atoms in total. The normalized spacial score (nSPS) is 36.2. The van der Waals surface area contributed by atoms with Gasteiger partial charge in [0.1, 0.15) is 0 Å². The van der Waals surface area contributed by atoms with Crippen LogP contribution in [0.2, 0.25) is 0 Å². The molecule has 0 saturated carbocycles. The number of rotatable bonds is 0. The molecule has 0 radical (unpaired) electrons. The lowest BCUT2D eigenvalue weighted by Crippen LogP contribution is -2.10. The molecule has 4 aliphatic rings. The molecule has 0 aliphatic heterocycles. The van der Waals surface area contributed by atoms with Crippen LogP contribution in [0.15, 0.2) is 22.3 Å². The SMILES string of the molecule is O=C1CCC2=C1CC1CC3=C(CCC3=O)C21. The topological polar surface area (TPSA) is 34.1 Å². The van der Waals surface area contributed by atoms with Crippen LogP contribution in [0.3, 0.4) is 0 Å². The minimum absolute atomic E-state index is 0.385. The lowest BCUT2D eigenvalue weighted by atomic mass is 9.86. The number of hydrogen-bond donors (Lipinski definition) is 0. The third-order valence-electron chi connectivity index (χ3n) is 4.85. The Kier molecular flexibility index (Phi) is 1.52. The standard InChI is InChI=1S/C14H14O2/c15-12-3-1-8-10(12)5-7-6-11-9(14(7)8)2-4-13(11)16/h7,14H,1-6H2. The van der Waals surface area contributed by atoms with Gasteiger partial charge in [-0.1, -0.05) is 11.1 Å². The van der Waals surface area contributed by atoms with Crippen LogP contribution in [0.4, 0.5) is 0 Å². The van der Waals surface area contributed by atoms with E-state index in [9.17, 15) is 9.59 Å². The summed E-state index contributed by atoms with van der Waals surface area (Å²) in [5.41, 5.74) is 5.10. The highest BCUT2D eigenvalue weighted by atomic mass is 16.1. The molecule has 0 bridgehead atoms. The van der Waals surface area contributed by atoms with Crippen LogP contribution in [0.5, 0.6) is 0 Å². The predicted molar refractivity (Wildman–Crippen MR) is 58.7 cm³/mol. The summed E-state index contributed by atoms with van der Waals surface area (Å²) in [6.07, 6.45) is 5.31. The minimum Gasteiger partial charge on any atom is -0.295 e. The van der Waals surface area contributed by atoms with Crippen molar-refractivity contribution in [1.29, 1.82) is 0 Å². The fraction of sp³-hybridized carbons (Fsp3) is 0.571. The molecule has 0 aromatic heterocycles. The van der Waals surface area contributed by atoms with Gasteiger partial charge < -0.3 is 0 Å². The largest absolute Gasteiger partial charge is 0.295 e. The highest BCUT2D eigenvalue weighted by Crippen LogP contribution is 2.57. The molecule has 0 atom stereocenters. The van der Waals surface area contributed by atoms with Crippen molar-refractivity contribution in [2.45, 2.75) is 38.5 Å². The third kappa shape index (κ3) is 0.892. The summed E-state index contributed by atoms with van der Waals surface area (Å²) in [5.74, 6) is 1.85. The molecule has 4 aliphatic carbocycles. The first-order valence-electron chi connectivity index (χ1n) is 6.26. The first-order chi connectivity index (χ1) is 7.75. The Morgan fingerprint density at radius 3 is 1.75 bits per heavy atom. The maximum atomic E-state index is 11.7.